The van der Waals surface area contributed by atoms with Crippen molar-refractivity contribution in [2.24, 2.45) is 0 Å². The molecule has 30 heavy (non-hydrogen) atoms. The van der Waals surface area contributed by atoms with Crippen molar-refractivity contribution in [3.8, 4) is 5.75 Å². The summed E-state index contributed by atoms with van der Waals surface area (Å²) in [6.45, 7) is 8.58. The van der Waals surface area contributed by atoms with Gasteiger partial charge in [0.25, 0.3) is 0 Å². The Hall–Kier alpha value is -2.82. The molecule has 0 heterocycles. The second-order valence-electron chi connectivity index (χ2n) is 8.50. The Morgan fingerprint density at radius 1 is 1.00 bits per heavy atom. The summed E-state index contributed by atoms with van der Waals surface area (Å²) < 4.78 is 5.69. The smallest absolute Gasteiger partial charge is 0.242 e. The van der Waals surface area contributed by atoms with Crippen molar-refractivity contribution in [2.75, 3.05) is 13.2 Å². The highest BCUT2D eigenvalue weighted by atomic mass is 16.5. The number of carbonyl (C=O) groups excluding carboxylic acids is 2. The number of rotatable bonds is 10. The van der Waals surface area contributed by atoms with Gasteiger partial charge in [0.05, 0.1) is 6.61 Å². The van der Waals surface area contributed by atoms with Gasteiger partial charge in [-0.2, -0.15) is 0 Å². The van der Waals surface area contributed by atoms with Crippen molar-refractivity contribution in [1.82, 2.24) is 10.2 Å². The van der Waals surface area contributed by atoms with Crippen molar-refractivity contribution in [3.63, 3.8) is 0 Å². The molecule has 0 bridgehead atoms. The van der Waals surface area contributed by atoms with Crippen LogP contribution in [0.15, 0.2) is 60.7 Å². The largest absolute Gasteiger partial charge is 0.494 e. The highest BCUT2D eigenvalue weighted by Crippen LogP contribution is 2.12. The normalized spacial score (nSPS) is 12.1. The van der Waals surface area contributed by atoms with Gasteiger partial charge >= 0.3 is 0 Å². The lowest BCUT2D eigenvalue weighted by Gasteiger charge is -2.31. The quantitative estimate of drug-likeness (QED) is 0.597. The van der Waals surface area contributed by atoms with Crippen LogP contribution in [0.4, 0.5) is 0 Å². The van der Waals surface area contributed by atoms with E-state index in [0.29, 0.717) is 32.4 Å². The average molecular weight is 411 g/mol. The molecular weight excluding hydrogens is 376 g/mol. The maximum atomic E-state index is 13.0. The summed E-state index contributed by atoms with van der Waals surface area (Å²) in [6.07, 6.45) is 1.65. The molecule has 0 radical (unpaired) electrons. The van der Waals surface area contributed by atoms with Crippen molar-refractivity contribution in [2.45, 2.75) is 58.5 Å². The first kappa shape index (κ1) is 23.5. The van der Waals surface area contributed by atoms with Gasteiger partial charge in [0, 0.05) is 18.5 Å². The van der Waals surface area contributed by atoms with E-state index >= 15 is 0 Å². The maximum Gasteiger partial charge on any atom is 0.242 e. The first-order valence-electron chi connectivity index (χ1n) is 10.6. The molecule has 2 aromatic carbocycles. The van der Waals surface area contributed by atoms with Gasteiger partial charge in [-0.15, -0.1) is 0 Å². The lowest BCUT2D eigenvalue weighted by molar-refractivity contribution is -0.140. The lowest BCUT2D eigenvalue weighted by Crippen LogP contribution is -2.53. The average Bonchev–Trinajstić information content (AvgIpc) is 2.71. The van der Waals surface area contributed by atoms with Crippen LogP contribution in [0, 0.1) is 0 Å². The number of ether oxygens (including phenoxy) is 1. The summed E-state index contributed by atoms with van der Waals surface area (Å²) in [7, 11) is 0. The summed E-state index contributed by atoms with van der Waals surface area (Å²) in [5.74, 6) is 0.632. The Morgan fingerprint density at radius 3 is 2.20 bits per heavy atom. The molecule has 5 nitrogen and oxygen atoms in total. The number of para-hydroxylation sites is 1. The molecule has 0 fully saturated rings. The van der Waals surface area contributed by atoms with Gasteiger partial charge in [-0.1, -0.05) is 48.5 Å². The van der Waals surface area contributed by atoms with Gasteiger partial charge in [0.15, 0.2) is 0 Å². The minimum absolute atomic E-state index is 0.0286. The zero-order chi connectivity index (χ0) is 22.0. The van der Waals surface area contributed by atoms with Gasteiger partial charge in [-0.05, 0) is 58.2 Å². The molecule has 2 amide bonds. The van der Waals surface area contributed by atoms with Crippen LogP contribution < -0.4 is 10.1 Å². The number of carbonyl (C=O) groups is 2. The molecule has 0 aliphatic carbocycles. The zero-order valence-corrected chi connectivity index (χ0v) is 18.6. The van der Waals surface area contributed by atoms with E-state index in [9.17, 15) is 9.59 Å². The van der Waals surface area contributed by atoms with Crippen molar-refractivity contribution < 1.29 is 14.3 Å². The van der Waals surface area contributed by atoms with Crippen molar-refractivity contribution in [3.05, 3.63) is 66.2 Å². The van der Waals surface area contributed by atoms with E-state index in [1.807, 2.05) is 81.4 Å². The summed E-state index contributed by atoms with van der Waals surface area (Å²) >= 11 is 0. The standard InChI is InChI=1S/C25H34N2O3/c1-20(24(29)26-25(2,3)4)27(18-17-21-12-7-5-8-13-21)23(28)16-11-19-30-22-14-9-6-10-15-22/h5-10,12-15,20H,11,16-19H2,1-4H3,(H,26,29). The topological polar surface area (TPSA) is 58.6 Å². The van der Waals surface area contributed by atoms with E-state index in [4.69, 9.17) is 4.74 Å². The molecule has 0 spiro atoms. The third-order valence-electron chi connectivity index (χ3n) is 4.70. The predicted octanol–water partition coefficient (Wildman–Crippen LogP) is 4.22. The molecule has 2 aromatic rings. The fourth-order valence-electron chi connectivity index (χ4n) is 3.12. The molecule has 1 unspecified atom stereocenters. The molecule has 162 valence electrons. The second-order valence-corrected chi connectivity index (χ2v) is 8.50. The summed E-state index contributed by atoms with van der Waals surface area (Å²) in [4.78, 5) is 27.4. The first-order valence-corrected chi connectivity index (χ1v) is 10.6. The van der Waals surface area contributed by atoms with Crippen LogP contribution in [0.1, 0.15) is 46.1 Å². The second kappa shape index (κ2) is 11.4. The first-order chi connectivity index (χ1) is 14.3. The molecule has 2 rings (SSSR count). The predicted molar refractivity (Wildman–Crippen MR) is 120 cm³/mol. The Kier molecular flexibility index (Phi) is 8.90. The molecule has 0 saturated carbocycles. The van der Waals surface area contributed by atoms with Crippen LogP contribution in [-0.4, -0.2) is 41.4 Å². The summed E-state index contributed by atoms with van der Waals surface area (Å²) in [6, 6.07) is 19.0. The number of hydrogen-bond donors (Lipinski definition) is 1. The summed E-state index contributed by atoms with van der Waals surface area (Å²) in [5.41, 5.74) is 0.800. The van der Waals surface area contributed by atoms with Crippen LogP contribution in [0.25, 0.3) is 0 Å². The van der Waals surface area contributed by atoms with E-state index in [0.717, 1.165) is 11.3 Å². The van der Waals surface area contributed by atoms with Crippen molar-refractivity contribution in [1.29, 1.82) is 0 Å². The van der Waals surface area contributed by atoms with Gasteiger partial charge in [-0.25, -0.2) is 0 Å². The SMILES string of the molecule is CC(C(=O)NC(C)(C)C)N(CCc1ccccc1)C(=O)CCCOc1ccccc1. The summed E-state index contributed by atoms with van der Waals surface area (Å²) in [5, 5.41) is 2.98. The molecular formula is C25H34N2O3. The van der Waals surface area contributed by atoms with Gasteiger partial charge < -0.3 is 15.0 Å². The maximum absolute atomic E-state index is 13.0. The minimum Gasteiger partial charge on any atom is -0.494 e. The third-order valence-corrected chi connectivity index (χ3v) is 4.70. The van der Waals surface area contributed by atoms with Crippen LogP contribution in [0.3, 0.4) is 0 Å². The highest BCUT2D eigenvalue weighted by molar-refractivity contribution is 5.87. The zero-order valence-electron chi connectivity index (χ0n) is 18.6. The van der Waals surface area contributed by atoms with Crippen LogP contribution in [0.5, 0.6) is 5.75 Å². The Bertz CT molecular complexity index is 785. The Balaban J connectivity index is 1.95. The molecule has 0 aliphatic heterocycles. The molecule has 0 saturated heterocycles. The van der Waals surface area contributed by atoms with E-state index in [2.05, 4.69) is 5.32 Å². The minimum atomic E-state index is -0.532. The van der Waals surface area contributed by atoms with Crippen molar-refractivity contribution >= 4 is 11.8 Å². The number of amides is 2. The van der Waals surface area contributed by atoms with Gasteiger partial charge in [-0.3, -0.25) is 9.59 Å². The van der Waals surface area contributed by atoms with E-state index in [-0.39, 0.29) is 17.4 Å². The van der Waals surface area contributed by atoms with E-state index < -0.39 is 6.04 Å². The van der Waals surface area contributed by atoms with Crippen LogP contribution >= 0.6 is 0 Å². The molecule has 5 heteroatoms. The number of benzene rings is 2. The fourth-order valence-corrected chi connectivity index (χ4v) is 3.12. The Morgan fingerprint density at radius 2 is 1.60 bits per heavy atom. The molecule has 1 atom stereocenters. The van der Waals surface area contributed by atoms with Gasteiger partial charge in [0.1, 0.15) is 11.8 Å². The number of hydrogen-bond acceptors (Lipinski definition) is 3. The third kappa shape index (κ3) is 8.27. The number of nitrogens with zero attached hydrogens (tertiary/aromatic N) is 1. The monoisotopic (exact) mass is 410 g/mol. The van der Waals surface area contributed by atoms with Crippen LogP contribution in [0.2, 0.25) is 0 Å². The molecule has 0 aromatic heterocycles. The lowest BCUT2D eigenvalue weighted by atomic mass is 10.1. The fraction of sp³-hybridized carbons (Fsp3) is 0.440. The Labute approximate surface area is 180 Å². The van der Waals surface area contributed by atoms with E-state index in [1.165, 1.54) is 0 Å². The number of nitrogens with one attached hydrogen (secondary N) is 1. The molecule has 1 N–H and O–H groups in total. The molecule has 0 aliphatic rings. The van der Waals surface area contributed by atoms with Crippen LogP contribution in [-0.2, 0) is 16.0 Å². The van der Waals surface area contributed by atoms with E-state index in [1.54, 1.807) is 11.8 Å². The van der Waals surface area contributed by atoms with Gasteiger partial charge in [0.2, 0.25) is 11.8 Å². The highest BCUT2D eigenvalue weighted by Gasteiger charge is 2.27.